The van der Waals surface area contributed by atoms with Crippen LogP contribution in [0.25, 0.3) is 0 Å². The van der Waals surface area contributed by atoms with Crippen molar-refractivity contribution in [3.8, 4) is 0 Å². The van der Waals surface area contributed by atoms with E-state index in [4.69, 9.17) is 0 Å². The number of hydrogen-bond acceptors (Lipinski definition) is 3. The van der Waals surface area contributed by atoms with Gasteiger partial charge in [0.05, 0.1) is 5.56 Å². The maximum Gasteiger partial charge on any atom is 0.419 e. The van der Waals surface area contributed by atoms with Crippen molar-refractivity contribution >= 4 is 11.7 Å². The molecule has 1 saturated heterocycles. The monoisotopic (exact) mass is 327 g/mol. The van der Waals surface area contributed by atoms with Crippen LogP contribution in [0.15, 0.2) is 18.3 Å². The Balaban J connectivity index is 1.77. The molecule has 1 aromatic heterocycles. The van der Waals surface area contributed by atoms with Crippen molar-refractivity contribution in [2.75, 3.05) is 25.0 Å². The Morgan fingerprint density at radius 1 is 1.35 bits per heavy atom. The number of rotatable bonds is 3. The third-order valence-corrected chi connectivity index (χ3v) is 4.61. The standard InChI is InChI=1S/C16H20F3N3O/c1-21(15(23)11-6-7-11)12-4-3-9-22(10-12)14-13(16(17,18)19)5-2-8-20-14/h2,5,8,11-12H,3-4,6-7,9-10H2,1H3. The number of alkyl halides is 3. The molecule has 1 amide bonds. The number of amides is 1. The lowest BCUT2D eigenvalue weighted by Crippen LogP contribution is -2.49. The highest BCUT2D eigenvalue weighted by molar-refractivity contribution is 5.81. The molecule has 126 valence electrons. The number of carbonyl (C=O) groups excluding carboxylic acids is 1. The van der Waals surface area contributed by atoms with Gasteiger partial charge in [0.25, 0.3) is 0 Å². The minimum absolute atomic E-state index is 0.0306. The summed E-state index contributed by atoms with van der Waals surface area (Å²) < 4.78 is 39.5. The number of carbonyl (C=O) groups is 1. The highest BCUT2D eigenvalue weighted by Gasteiger charge is 2.39. The van der Waals surface area contributed by atoms with Crippen molar-refractivity contribution in [3.05, 3.63) is 23.9 Å². The summed E-state index contributed by atoms with van der Waals surface area (Å²) >= 11 is 0. The van der Waals surface area contributed by atoms with Crippen molar-refractivity contribution in [1.29, 1.82) is 0 Å². The average molecular weight is 327 g/mol. The van der Waals surface area contributed by atoms with Gasteiger partial charge in [0.15, 0.2) is 0 Å². The van der Waals surface area contributed by atoms with E-state index in [-0.39, 0.29) is 23.7 Å². The number of pyridine rings is 1. The molecule has 0 spiro atoms. The van der Waals surface area contributed by atoms with Crippen LogP contribution in [-0.2, 0) is 11.0 Å². The molecule has 1 aliphatic heterocycles. The fraction of sp³-hybridized carbons (Fsp3) is 0.625. The molecule has 23 heavy (non-hydrogen) atoms. The molecule has 1 saturated carbocycles. The first kappa shape index (κ1) is 16.1. The van der Waals surface area contributed by atoms with Crippen LogP contribution >= 0.6 is 0 Å². The van der Waals surface area contributed by atoms with E-state index >= 15 is 0 Å². The Morgan fingerprint density at radius 2 is 2.09 bits per heavy atom. The summed E-state index contributed by atoms with van der Waals surface area (Å²) in [5.41, 5.74) is -0.711. The molecule has 1 atom stereocenters. The van der Waals surface area contributed by atoms with Crippen molar-refractivity contribution in [2.24, 2.45) is 5.92 Å². The summed E-state index contributed by atoms with van der Waals surface area (Å²) in [5.74, 6) is 0.210. The number of anilines is 1. The Bertz CT molecular complexity index is 586. The molecule has 2 fully saturated rings. The van der Waals surface area contributed by atoms with E-state index in [2.05, 4.69) is 4.98 Å². The van der Waals surface area contributed by atoms with Gasteiger partial charge in [-0.3, -0.25) is 4.79 Å². The molecule has 0 aromatic carbocycles. The molecule has 1 aliphatic carbocycles. The topological polar surface area (TPSA) is 36.4 Å². The third-order valence-electron chi connectivity index (χ3n) is 4.61. The van der Waals surface area contributed by atoms with E-state index in [0.29, 0.717) is 13.1 Å². The zero-order chi connectivity index (χ0) is 16.6. The van der Waals surface area contributed by atoms with Gasteiger partial charge in [0, 0.05) is 38.3 Å². The first-order valence-corrected chi connectivity index (χ1v) is 7.91. The van der Waals surface area contributed by atoms with Crippen LogP contribution in [-0.4, -0.2) is 42.0 Å². The lowest BCUT2D eigenvalue weighted by atomic mass is 10.0. The maximum absolute atomic E-state index is 13.2. The Hall–Kier alpha value is -1.79. The smallest absolute Gasteiger partial charge is 0.354 e. The molecule has 0 radical (unpaired) electrons. The van der Waals surface area contributed by atoms with Crippen molar-refractivity contribution in [3.63, 3.8) is 0 Å². The largest absolute Gasteiger partial charge is 0.419 e. The van der Waals surface area contributed by atoms with Gasteiger partial charge in [-0.1, -0.05) is 0 Å². The van der Waals surface area contributed by atoms with Crippen LogP contribution in [0.2, 0.25) is 0 Å². The van der Waals surface area contributed by atoms with E-state index in [0.717, 1.165) is 31.7 Å². The second-order valence-corrected chi connectivity index (χ2v) is 6.34. The lowest BCUT2D eigenvalue weighted by molar-refractivity contribution is -0.137. The number of likely N-dealkylation sites (N-methyl/N-ethyl adjacent to an activating group) is 1. The van der Waals surface area contributed by atoms with E-state index in [1.165, 1.54) is 12.3 Å². The molecule has 1 unspecified atom stereocenters. The van der Waals surface area contributed by atoms with Crippen LogP contribution in [0, 0.1) is 5.92 Å². The second-order valence-electron chi connectivity index (χ2n) is 6.34. The predicted octanol–water partition coefficient (Wildman–Crippen LogP) is 2.94. The van der Waals surface area contributed by atoms with E-state index in [1.54, 1.807) is 16.8 Å². The molecular formula is C16H20F3N3O. The molecule has 3 rings (SSSR count). The normalized spacial score (nSPS) is 22.1. The minimum Gasteiger partial charge on any atom is -0.354 e. The molecule has 7 heteroatoms. The third kappa shape index (κ3) is 3.43. The van der Waals surface area contributed by atoms with Gasteiger partial charge < -0.3 is 9.80 Å². The number of aromatic nitrogens is 1. The van der Waals surface area contributed by atoms with Crippen LogP contribution in [0.5, 0.6) is 0 Å². The summed E-state index contributed by atoms with van der Waals surface area (Å²) in [6, 6.07) is 2.31. The van der Waals surface area contributed by atoms with Crippen LogP contribution in [0.1, 0.15) is 31.2 Å². The summed E-state index contributed by atoms with van der Waals surface area (Å²) in [4.78, 5) is 19.5. The van der Waals surface area contributed by atoms with Crippen LogP contribution in [0.4, 0.5) is 19.0 Å². The lowest BCUT2D eigenvalue weighted by Gasteiger charge is -2.39. The second kappa shape index (κ2) is 6.02. The summed E-state index contributed by atoms with van der Waals surface area (Å²) in [6.45, 7) is 0.928. The van der Waals surface area contributed by atoms with Crippen molar-refractivity contribution in [1.82, 2.24) is 9.88 Å². The zero-order valence-electron chi connectivity index (χ0n) is 13.0. The first-order valence-electron chi connectivity index (χ1n) is 7.91. The molecular weight excluding hydrogens is 307 g/mol. The van der Waals surface area contributed by atoms with E-state index < -0.39 is 11.7 Å². The minimum atomic E-state index is -4.42. The number of piperidine rings is 1. The van der Waals surface area contributed by atoms with Crippen molar-refractivity contribution < 1.29 is 18.0 Å². The fourth-order valence-corrected chi connectivity index (χ4v) is 3.13. The van der Waals surface area contributed by atoms with Gasteiger partial charge in [-0.05, 0) is 37.8 Å². The number of halogens is 3. The Kier molecular flexibility index (Phi) is 4.21. The van der Waals surface area contributed by atoms with Crippen molar-refractivity contribution in [2.45, 2.75) is 37.9 Å². The quantitative estimate of drug-likeness (QED) is 0.856. The zero-order valence-corrected chi connectivity index (χ0v) is 13.0. The van der Waals surface area contributed by atoms with Crippen LogP contribution in [0.3, 0.4) is 0 Å². The van der Waals surface area contributed by atoms with Gasteiger partial charge in [-0.25, -0.2) is 4.98 Å². The first-order chi connectivity index (χ1) is 10.9. The Labute approximate surface area is 133 Å². The van der Waals surface area contributed by atoms with Gasteiger partial charge in [0.2, 0.25) is 5.91 Å². The molecule has 2 heterocycles. The fourth-order valence-electron chi connectivity index (χ4n) is 3.13. The predicted molar refractivity (Wildman–Crippen MR) is 80.0 cm³/mol. The molecule has 0 N–H and O–H groups in total. The summed E-state index contributed by atoms with van der Waals surface area (Å²) in [5, 5.41) is 0. The van der Waals surface area contributed by atoms with Gasteiger partial charge in [-0.2, -0.15) is 13.2 Å². The molecule has 0 bridgehead atoms. The molecule has 1 aromatic rings. The molecule has 4 nitrogen and oxygen atoms in total. The van der Waals surface area contributed by atoms with Crippen LogP contribution < -0.4 is 4.90 Å². The van der Waals surface area contributed by atoms with Gasteiger partial charge >= 0.3 is 6.18 Å². The maximum atomic E-state index is 13.2. The van der Waals surface area contributed by atoms with E-state index in [9.17, 15) is 18.0 Å². The summed E-state index contributed by atoms with van der Waals surface area (Å²) in [7, 11) is 1.76. The highest BCUT2D eigenvalue weighted by atomic mass is 19.4. The molecule has 2 aliphatic rings. The number of nitrogens with zero attached hydrogens (tertiary/aromatic N) is 3. The average Bonchev–Trinajstić information content (AvgIpc) is 3.38. The summed E-state index contributed by atoms with van der Waals surface area (Å²) in [6.07, 6.45) is 0.385. The highest BCUT2D eigenvalue weighted by Crippen LogP contribution is 2.37. The van der Waals surface area contributed by atoms with Gasteiger partial charge in [-0.15, -0.1) is 0 Å². The van der Waals surface area contributed by atoms with E-state index in [1.807, 2.05) is 0 Å². The number of hydrogen-bond donors (Lipinski definition) is 0. The SMILES string of the molecule is CN(C(=O)C1CC1)C1CCCN(c2ncccc2C(F)(F)F)C1. The van der Waals surface area contributed by atoms with Gasteiger partial charge in [0.1, 0.15) is 5.82 Å². The Morgan fingerprint density at radius 3 is 2.74 bits per heavy atom.